The van der Waals surface area contributed by atoms with E-state index in [1.165, 1.54) is 4.90 Å². The zero-order valence-corrected chi connectivity index (χ0v) is 15.5. The van der Waals surface area contributed by atoms with Gasteiger partial charge in [-0.15, -0.1) is 0 Å². The van der Waals surface area contributed by atoms with Gasteiger partial charge in [0.1, 0.15) is 6.54 Å². The zero-order valence-electron chi connectivity index (χ0n) is 14.7. The van der Waals surface area contributed by atoms with Crippen LogP contribution in [0.1, 0.15) is 29.3 Å². The highest BCUT2D eigenvalue weighted by Gasteiger charge is 2.31. The number of nitrogens with zero attached hydrogens (tertiary/aromatic N) is 1. The third-order valence-electron chi connectivity index (χ3n) is 4.19. The fourth-order valence-electron chi connectivity index (χ4n) is 2.78. The number of rotatable bonds is 5. The van der Waals surface area contributed by atoms with Crippen molar-refractivity contribution in [3.63, 3.8) is 0 Å². The summed E-state index contributed by atoms with van der Waals surface area (Å²) in [4.78, 5) is 37.8. The van der Waals surface area contributed by atoms with Crippen molar-refractivity contribution in [2.45, 2.75) is 13.3 Å². The molecule has 0 saturated heterocycles. The number of halogens is 1. The van der Waals surface area contributed by atoms with Crippen LogP contribution in [0.3, 0.4) is 0 Å². The SMILES string of the molecule is C=C1c2ccccc2C(=O)N1CC(=O)Nc1cc(NC(=O)CC)ccc1Cl. The summed E-state index contributed by atoms with van der Waals surface area (Å²) in [6.07, 6.45) is 0.337. The van der Waals surface area contributed by atoms with Gasteiger partial charge in [0.15, 0.2) is 0 Å². The Morgan fingerprint density at radius 3 is 2.44 bits per heavy atom. The molecular formula is C20H18ClN3O3. The summed E-state index contributed by atoms with van der Waals surface area (Å²) >= 11 is 6.13. The molecule has 0 bridgehead atoms. The first-order valence-corrected chi connectivity index (χ1v) is 8.78. The van der Waals surface area contributed by atoms with Crippen LogP contribution in [0.2, 0.25) is 5.02 Å². The molecule has 0 aliphatic carbocycles. The number of nitrogens with one attached hydrogen (secondary N) is 2. The number of fused-ring (bicyclic) bond motifs is 1. The van der Waals surface area contributed by atoms with Gasteiger partial charge in [0, 0.05) is 28.9 Å². The Hall–Kier alpha value is -3.12. The lowest BCUT2D eigenvalue weighted by molar-refractivity contribution is -0.116. The summed E-state index contributed by atoms with van der Waals surface area (Å²) in [5.74, 6) is -0.828. The van der Waals surface area contributed by atoms with E-state index < -0.39 is 5.91 Å². The summed E-state index contributed by atoms with van der Waals surface area (Å²) < 4.78 is 0. The number of amides is 3. The molecule has 2 N–H and O–H groups in total. The molecule has 1 aliphatic rings. The molecular weight excluding hydrogens is 366 g/mol. The van der Waals surface area contributed by atoms with Gasteiger partial charge in [-0.1, -0.05) is 43.3 Å². The van der Waals surface area contributed by atoms with Crippen LogP contribution in [0, 0.1) is 0 Å². The van der Waals surface area contributed by atoms with E-state index in [0.717, 1.165) is 5.56 Å². The first-order valence-electron chi connectivity index (χ1n) is 8.40. The molecule has 27 heavy (non-hydrogen) atoms. The van der Waals surface area contributed by atoms with Gasteiger partial charge in [-0.25, -0.2) is 0 Å². The first kappa shape index (κ1) is 18.7. The number of hydrogen-bond donors (Lipinski definition) is 2. The lowest BCUT2D eigenvalue weighted by atomic mass is 10.1. The van der Waals surface area contributed by atoms with E-state index in [2.05, 4.69) is 17.2 Å². The van der Waals surface area contributed by atoms with Crippen molar-refractivity contribution in [3.8, 4) is 0 Å². The molecule has 0 saturated carbocycles. The Labute approximate surface area is 161 Å². The Morgan fingerprint density at radius 1 is 1.07 bits per heavy atom. The second kappa shape index (κ2) is 7.63. The van der Waals surface area contributed by atoms with Crippen LogP contribution in [0.25, 0.3) is 5.70 Å². The molecule has 2 aromatic rings. The largest absolute Gasteiger partial charge is 0.326 e. The third kappa shape index (κ3) is 3.85. The maximum Gasteiger partial charge on any atom is 0.259 e. The minimum absolute atomic E-state index is 0.147. The highest BCUT2D eigenvalue weighted by atomic mass is 35.5. The molecule has 0 radical (unpaired) electrons. The summed E-state index contributed by atoms with van der Waals surface area (Å²) in [7, 11) is 0. The van der Waals surface area contributed by atoms with Crippen molar-refractivity contribution < 1.29 is 14.4 Å². The number of hydrogen-bond acceptors (Lipinski definition) is 3. The van der Waals surface area contributed by atoms with Gasteiger partial charge in [-0.2, -0.15) is 0 Å². The average molecular weight is 384 g/mol. The molecule has 7 heteroatoms. The Bertz CT molecular complexity index is 920. The van der Waals surface area contributed by atoms with E-state index in [4.69, 9.17) is 11.6 Å². The number of carbonyl (C=O) groups excluding carboxylic acids is 3. The zero-order chi connectivity index (χ0) is 19.6. The molecule has 1 aliphatic heterocycles. The second-order valence-corrected chi connectivity index (χ2v) is 6.44. The normalized spacial score (nSPS) is 12.7. The second-order valence-electron chi connectivity index (χ2n) is 6.03. The van der Waals surface area contributed by atoms with Crippen molar-refractivity contribution in [1.82, 2.24) is 4.90 Å². The molecule has 0 fully saturated rings. The summed E-state index contributed by atoms with van der Waals surface area (Å²) in [5, 5.41) is 5.71. The fourth-order valence-corrected chi connectivity index (χ4v) is 2.95. The Kier molecular flexibility index (Phi) is 5.28. The van der Waals surface area contributed by atoms with E-state index >= 15 is 0 Å². The summed E-state index contributed by atoms with van der Waals surface area (Å²) in [6, 6.07) is 11.9. The molecule has 0 spiro atoms. The van der Waals surface area contributed by atoms with Crippen molar-refractivity contribution in [2.75, 3.05) is 17.2 Å². The van der Waals surface area contributed by atoms with Crippen LogP contribution in [-0.2, 0) is 9.59 Å². The Morgan fingerprint density at radius 2 is 1.78 bits per heavy atom. The van der Waals surface area contributed by atoms with Crippen molar-refractivity contribution >= 4 is 46.4 Å². The predicted molar refractivity (Wildman–Crippen MR) is 106 cm³/mol. The van der Waals surface area contributed by atoms with E-state index in [-0.39, 0.29) is 18.4 Å². The van der Waals surface area contributed by atoms with Crippen LogP contribution in [-0.4, -0.2) is 29.2 Å². The maximum atomic E-state index is 12.5. The van der Waals surface area contributed by atoms with Crippen LogP contribution < -0.4 is 10.6 Å². The van der Waals surface area contributed by atoms with E-state index in [1.807, 2.05) is 6.07 Å². The number of anilines is 2. The quantitative estimate of drug-likeness (QED) is 0.825. The van der Waals surface area contributed by atoms with Crippen LogP contribution >= 0.6 is 11.6 Å². The predicted octanol–water partition coefficient (Wildman–Crippen LogP) is 3.75. The molecule has 0 aromatic heterocycles. The molecule has 0 unspecified atom stereocenters. The van der Waals surface area contributed by atoms with Gasteiger partial charge in [0.05, 0.1) is 10.7 Å². The van der Waals surface area contributed by atoms with Gasteiger partial charge in [-0.3, -0.25) is 19.3 Å². The van der Waals surface area contributed by atoms with Crippen molar-refractivity contribution in [3.05, 3.63) is 65.2 Å². The highest BCUT2D eigenvalue weighted by Crippen LogP contribution is 2.31. The van der Waals surface area contributed by atoms with Gasteiger partial charge in [0.2, 0.25) is 11.8 Å². The average Bonchev–Trinajstić information content (AvgIpc) is 2.89. The van der Waals surface area contributed by atoms with Crippen LogP contribution in [0.5, 0.6) is 0 Å². The minimum Gasteiger partial charge on any atom is -0.326 e. The van der Waals surface area contributed by atoms with Gasteiger partial charge in [-0.05, 0) is 24.3 Å². The van der Waals surface area contributed by atoms with Gasteiger partial charge < -0.3 is 10.6 Å². The molecule has 3 rings (SSSR count). The van der Waals surface area contributed by atoms with Crippen molar-refractivity contribution in [1.29, 1.82) is 0 Å². The standard InChI is InChI=1S/C20H18ClN3O3/c1-3-18(25)22-13-8-9-16(21)17(10-13)23-19(26)11-24-12(2)14-6-4-5-7-15(14)20(24)27/h4-10H,2-3,11H2,1H3,(H,22,25)(H,23,26). The number of benzene rings is 2. The van der Waals surface area contributed by atoms with Gasteiger partial charge in [0.25, 0.3) is 5.91 Å². The first-order chi connectivity index (χ1) is 12.9. The summed E-state index contributed by atoms with van der Waals surface area (Å²) in [6.45, 7) is 5.47. The molecule has 6 nitrogen and oxygen atoms in total. The summed E-state index contributed by atoms with van der Waals surface area (Å²) in [5.41, 5.74) is 2.61. The van der Waals surface area contributed by atoms with Gasteiger partial charge >= 0.3 is 0 Å². The maximum absolute atomic E-state index is 12.5. The van der Waals surface area contributed by atoms with Crippen molar-refractivity contribution in [2.24, 2.45) is 0 Å². The molecule has 3 amide bonds. The molecule has 1 heterocycles. The monoisotopic (exact) mass is 383 g/mol. The smallest absolute Gasteiger partial charge is 0.259 e. The lowest BCUT2D eigenvalue weighted by Crippen LogP contribution is -2.32. The van der Waals surface area contributed by atoms with Crippen LogP contribution in [0.4, 0.5) is 11.4 Å². The number of carbonyl (C=O) groups is 3. The molecule has 0 atom stereocenters. The molecule has 138 valence electrons. The fraction of sp³-hybridized carbons (Fsp3) is 0.150. The van der Waals surface area contributed by atoms with Crippen LogP contribution in [0.15, 0.2) is 49.0 Å². The van der Waals surface area contributed by atoms with E-state index in [9.17, 15) is 14.4 Å². The van der Waals surface area contributed by atoms with E-state index in [0.29, 0.717) is 34.1 Å². The minimum atomic E-state index is -0.418. The Balaban J connectivity index is 1.72. The lowest BCUT2D eigenvalue weighted by Gasteiger charge is -2.17. The van der Waals surface area contributed by atoms with E-state index in [1.54, 1.807) is 43.3 Å². The molecule has 2 aromatic carbocycles. The third-order valence-corrected chi connectivity index (χ3v) is 4.52. The highest BCUT2D eigenvalue weighted by molar-refractivity contribution is 6.34. The topological polar surface area (TPSA) is 78.5 Å².